The molecule has 0 aromatic heterocycles. The second kappa shape index (κ2) is 15.6. The number of carbonyl (C=O) groups is 1. The van der Waals surface area contributed by atoms with Crippen molar-refractivity contribution in [3.05, 3.63) is 58.4 Å². The molecule has 0 atom stereocenters. The maximum atomic E-state index is 12.8. The summed E-state index contributed by atoms with van der Waals surface area (Å²) in [5, 5.41) is 10.7. The fraction of sp³-hybridized carbons (Fsp3) is 0.625. The number of hydrogen-bond donors (Lipinski definition) is 3. The number of alkyl halides is 3. The molecule has 42 heavy (non-hydrogen) atoms. The number of nitrogens with zero attached hydrogens (tertiary/aromatic N) is 3. The number of amidine groups is 1. The van der Waals surface area contributed by atoms with Crippen molar-refractivity contribution in [1.29, 1.82) is 0 Å². The minimum Gasteiger partial charge on any atom is -0.369 e. The van der Waals surface area contributed by atoms with Gasteiger partial charge in [-0.15, -0.1) is 0 Å². The maximum absolute atomic E-state index is 12.8. The van der Waals surface area contributed by atoms with E-state index in [1.54, 1.807) is 0 Å². The summed E-state index contributed by atoms with van der Waals surface area (Å²) < 4.78 is 38.4. The van der Waals surface area contributed by atoms with E-state index in [9.17, 15) is 18.0 Å². The molecule has 0 radical (unpaired) electrons. The maximum Gasteiger partial charge on any atom is 0.471 e. The summed E-state index contributed by atoms with van der Waals surface area (Å²) in [6.45, 7) is 8.53. The quantitative estimate of drug-likeness (QED) is 0.326. The number of hydrogen-bond acceptors (Lipinski definition) is 6. The lowest BCUT2D eigenvalue weighted by Crippen LogP contribution is -2.52. The molecule has 0 bridgehead atoms. The Bertz CT molecular complexity index is 1110. The highest BCUT2D eigenvalue weighted by Gasteiger charge is 2.43. The van der Waals surface area contributed by atoms with Gasteiger partial charge in [0, 0.05) is 63.1 Å². The molecule has 1 saturated carbocycles. The highest BCUT2D eigenvalue weighted by molar-refractivity contribution is 5.83. The van der Waals surface area contributed by atoms with Gasteiger partial charge in [-0.3, -0.25) is 4.79 Å². The first-order chi connectivity index (χ1) is 20.2. The molecule has 1 amide bonds. The van der Waals surface area contributed by atoms with Crippen molar-refractivity contribution >= 4 is 11.7 Å². The smallest absolute Gasteiger partial charge is 0.369 e. The first-order valence-electron chi connectivity index (χ1n) is 15.5. The molecule has 7 nitrogen and oxygen atoms in total. The van der Waals surface area contributed by atoms with Crippen LogP contribution in [-0.4, -0.2) is 73.0 Å². The number of piperazine rings is 1. The molecule has 4 rings (SSSR count). The van der Waals surface area contributed by atoms with Gasteiger partial charge in [0.05, 0.1) is 0 Å². The SMILES string of the molecule is CC1=C/C(N2CCN(C(=O)C(F)(F)F)CC2)=C(/C)CC/C(NCc2ccc(CNCCCNC3CCCCC3)cc2)=N\1. The van der Waals surface area contributed by atoms with Crippen LogP contribution in [0.4, 0.5) is 13.2 Å². The summed E-state index contributed by atoms with van der Waals surface area (Å²) in [5.74, 6) is -0.827. The lowest BCUT2D eigenvalue weighted by atomic mass is 9.95. The van der Waals surface area contributed by atoms with Crippen molar-refractivity contribution in [3.63, 3.8) is 0 Å². The van der Waals surface area contributed by atoms with E-state index >= 15 is 0 Å². The Hall–Kier alpha value is -2.85. The largest absolute Gasteiger partial charge is 0.471 e. The molecule has 10 heteroatoms. The van der Waals surface area contributed by atoms with Crippen LogP contribution in [0.25, 0.3) is 0 Å². The van der Waals surface area contributed by atoms with Crippen LogP contribution in [-0.2, 0) is 17.9 Å². The highest BCUT2D eigenvalue weighted by Crippen LogP contribution is 2.25. The number of carbonyl (C=O) groups excluding carboxylic acids is 1. The summed E-state index contributed by atoms with van der Waals surface area (Å²) in [6, 6.07) is 9.40. The van der Waals surface area contributed by atoms with Gasteiger partial charge >= 0.3 is 12.1 Å². The van der Waals surface area contributed by atoms with Crippen molar-refractivity contribution in [2.45, 2.75) is 90.5 Å². The standard InChI is InChI=1S/C32H47F3N6O/c1-24-9-14-30(39-25(2)21-29(24)40-17-19-41(20-18-40)31(42)32(33,34)35)38-23-27-12-10-26(11-13-27)22-36-15-6-16-37-28-7-4-3-5-8-28/h10-13,21,28,36-37H,3-9,14-20,22-23H2,1-2H3,(H,38,39)/b25-21-,29-24+. The van der Waals surface area contributed by atoms with Crippen molar-refractivity contribution in [3.8, 4) is 0 Å². The lowest BCUT2D eigenvalue weighted by molar-refractivity contribution is -0.186. The number of aliphatic imine (C=N–C) groups is 1. The third kappa shape index (κ3) is 9.87. The summed E-state index contributed by atoms with van der Waals surface area (Å²) in [7, 11) is 0. The molecule has 3 N–H and O–H groups in total. The number of rotatable bonds is 10. The summed E-state index contributed by atoms with van der Waals surface area (Å²) in [4.78, 5) is 19.3. The van der Waals surface area contributed by atoms with Crippen molar-refractivity contribution < 1.29 is 18.0 Å². The van der Waals surface area contributed by atoms with Crippen LogP contribution >= 0.6 is 0 Å². The molecule has 0 unspecified atom stereocenters. The Morgan fingerprint density at radius 3 is 2.26 bits per heavy atom. The first kappa shape index (κ1) is 32.1. The molecule has 1 aromatic carbocycles. The second-order valence-electron chi connectivity index (χ2n) is 11.8. The van der Waals surface area contributed by atoms with Crippen LogP contribution in [0.3, 0.4) is 0 Å². The minimum atomic E-state index is -4.82. The number of allylic oxidation sites excluding steroid dienone is 3. The molecule has 2 fully saturated rings. The zero-order chi connectivity index (χ0) is 30.0. The number of benzene rings is 1. The normalized spacial score (nSPS) is 23.5. The number of halogens is 3. The Balaban J connectivity index is 1.19. The Morgan fingerprint density at radius 2 is 1.60 bits per heavy atom. The summed E-state index contributed by atoms with van der Waals surface area (Å²) >= 11 is 0. The average Bonchev–Trinajstić information content (AvgIpc) is 2.98. The molecule has 2 aliphatic heterocycles. The third-order valence-corrected chi connectivity index (χ3v) is 8.40. The summed E-state index contributed by atoms with van der Waals surface area (Å²) in [5.41, 5.74) is 5.48. The van der Waals surface area contributed by atoms with Crippen LogP contribution < -0.4 is 16.0 Å². The summed E-state index contributed by atoms with van der Waals surface area (Å²) in [6.07, 6.45) is 6.68. The van der Waals surface area contributed by atoms with Crippen LogP contribution in [0.1, 0.15) is 76.3 Å². The van der Waals surface area contributed by atoms with Crippen molar-refractivity contribution in [1.82, 2.24) is 25.8 Å². The highest BCUT2D eigenvalue weighted by atomic mass is 19.4. The minimum absolute atomic E-state index is 0.0603. The molecule has 2 heterocycles. The van der Waals surface area contributed by atoms with Crippen molar-refractivity contribution in [2.75, 3.05) is 39.3 Å². The van der Waals surface area contributed by atoms with Gasteiger partial charge in [-0.2, -0.15) is 13.2 Å². The predicted octanol–water partition coefficient (Wildman–Crippen LogP) is 5.25. The molecule has 1 aromatic rings. The molecular formula is C32H47F3N6O. The van der Waals surface area contributed by atoms with Gasteiger partial charge in [0.2, 0.25) is 0 Å². The van der Waals surface area contributed by atoms with Gasteiger partial charge in [0.1, 0.15) is 5.84 Å². The Kier molecular flexibility index (Phi) is 11.9. The van der Waals surface area contributed by atoms with Crippen LogP contribution in [0.2, 0.25) is 0 Å². The predicted molar refractivity (Wildman–Crippen MR) is 162 cm³/mol. The van der Waals surface area contributed by atoms with E-state index in [4.69, 9.17) is 4.99 Å². The van der Waals surface area contributed by atoms with E-state index in [2.05, 4.69) is 52.0 Å². The van der Waals surface area contributed by atoms with Crippen LogP contribution in [0.5, 0.6) is 0 Å². The molecule has 0 spiro atoms. The molecule has 1 aliphatic carbocycles. The van der Waals surface area contributed by atoms with E-state index in [1.165, 1.54) is 48.8 Å². The van der Waals surface area contributed by atoms with Gasteiger partial charge in [-0.1, -0.05) is 43.5 Å². The first-order valence-corrected chi connectivity index (χ1v) is 15.5. The molecular weight excluding hydrogens is 541 g/mol. The fourth-order valence-corrected chi connectivity index (χ4v) is 5.91. The fourth-order valence-electron chi connectivity index (χ4n) is 5.91. The van der Waals surface area contributed by atoms with E-state index in [0.717, 1.165) is 67.1 Å². The van der Waals surface area contributed by atoms with Crippen LogP contribution in [0.15, 0.2) is 52.3 Å². The zero-order valence-electron chi connectivity index (χ0n) is 25.2. The van der Waals surface area contributed by atoms with Crippen LogP contribution in [0, 0.1) is 0 Å². The van der Waals surface area contributed by atoms with Crippen molar-refractivity contribution in [2.24, 2.45) is 4.99 Å². The number of amides is 1. The molecule has 232 valence electrons. The zero-order valence-corrected chi connectivity index (χ0v) is 25.2. The van der Waals surface area contributed by atoms with Gasteiger partial charge < -0.3 is 25.8 Å². The van der Waals surface area contributed by atoms with E-state index in [1.807, 2.05) is 13.0 Å². The monoisotopic (exact) mass is 588 g/mol. The Morgan fingerprint density at radius 1 is 0.929 bits per heavy atom. The Labute approximate surface area is 248 Å². The van der Waals surface area contributed by atoms with Gasteiger partial charge in [0.15, 0.2) is 0 Å². The van der Waals surface area contributed by atoms with E-state index in [-0.39, 0.29) is 13.1 Å². The van der Waals surface area contributed by atoms with Gasteiger partial charge in [-0.05, 0) is 75.4 Å². The third-order valence-electron chi connectivity index (χ3n) is 8.40. The van der Waals surface area contributed by atoms with Gasteiger partial charge in [0.25, 0.3) is 0 Å². The molecule has 1 saturated heterocycles. The van der Waals surface area contributed by atoms with Gasteiger partial charge in [-0.25, -0.2) is 4.99 Å². The molecule has 3 aliphatic rings. The van der Waals surface area contributed by atoms with E-state index < -0.39 is 12.1 Å². The topological polar surface area (TPSA) is 72.0 Å². The average molecular weight is 589 g/mol. The van der Waals surface area contributed by atoms with E-state index in [0.29, 0.717) is 19.6 Å². The second-order valence-corrected chi connectivity index (χ2v) is 11.8. The number of nitrogens with one attached hydrogen (secondary N) is 3. The lowest BCUT2D eigenvalue weighted by Gasteiger charge is -2.38.